The summed E-state index contributed by atoms with van der Waals surface area (Å²) >= 11 is 0. The van der Waals surface area contributed by atoms with Crippen molar-refractivity contribution in [2.75, 3.05) is 5.73 Å². The largest absolute Gasteiger partial charge is 0.384 e. The number of nitrogen functional groups attached to an aromatic ring is 1. The Bertz CT molecular complexity index is 1310. The lowest BCUT2D eigenvalue weighted by Gasteiger charge is -2.38. The summed E-state index contributed by atoms with van der Waals surface area (Å²) in [6.45, 7) is 0. The van der Waals surface area contributed by atoms with E-state index in [1.807, 2.05) is 17.0 Å². The molecule has 2 unspecified atom stereocenters. The molecule has 2 saturated heterocycles. The molecule has 0 aromatic carbocycles. The number of nitrogens with zero attached hydrogens (tertiary/aromatic N) is 8. The number of nitriles is 1. The number of amides is 1. The van der Waals surface area contributed by atoms with Gasteiger partial charge in [-0.25, -0.2) is 19.9 Å². The van der Waals surface area contributed by atoms with Crippen molar-refractivity contribution >= 4 is 29.5 Å². The number of piperidine rings is 1. The molecule has 0 saturated carbocycles. The van der Waals surface area contributed by atoms with Crippen molar-refractivity contribution in [1.82, 2.24) is 29.5 Å². The maximum absolute atomic E-state index is 12.7. The Kier molecular flexibility index (Phi) is 4.93. The Balaban J connectivity index is 1.46. The molecule has 12 heteroatoms. The lowest BCUT2D eigenvalue weighted by Crippen LogP contribution is -2.50. The highest BCUT2D eigenvalue weighted by Crippen LogP contribution is 2.43. The van der Waals surface area contributed by atoms with Crippen LogP contribution in [0, 0.1) is 16.7 Å². The predicted molar refractivity (Wildman–Crippen MR) is 119 cm³/mol. The van der Waals surface area contributed by atoms with Crippen molar-refractivity contribution in [3.63, 3.8) is 0 Å². The molecule has 166 valence electrons. The van der Waals surface area contributed by atoms with Crippen LogP contribution in [0.25, 0.3) is 16.8 Å². The van der Waals surface area contributed by atoms with E-state index < -0.39 is 0 Å². The molecule has 5 heterocycles. The summed E-state index contributed by atoms with van der Waals surface area (Å²) in [5, 5.41) is 20.3. The molecule has 3 aromatic heterocycles. The second-order valence-electron chi connectivity index (χ2n) is 8.22. The molecule has 2 atom stereocenters. The number of fused-ring (bicyclic) bond motifs is 3. The molecule has 2 aliphatic rings. The number of rotatable bonds is 3. The molecule has 5 rings (SSSR count). The minimum Gasteiger partial charge on any atom is -0.384 e. The Labute approximate surface area is 188 Å². The number of carbonyl (C=O) groups is 1. The summed E-state index contributed by atoms with van der Waals surface area (Å²) in [6.07, 6.45) is 8.84. The van der Waals surface area contributed by atoms with Gasteiger partial charge in [-0.3, -0.25) is 10.2 Å². The fraction of sp³-hybridized carbons (Fsp3) is 0.333. The fourth-order valence-electron chi connectivity index (χ4n) is 4.95. The normalized spacial score (nSPS) is 22.3. The van der Waals surface area contributed by atoms with E-state index in [0.717, 1.165) is 43.3 Å². The van der Waals surface area contributed by atoms with Gasteiger partial charge in [-0.15, -0.1) is 0 Å². The highest BCUT2D eigenvalue weighted by molar-refractivity contribution is 6.38. The van der Waals surface area contributed by atoms with Crippen molar-refractivity contribution in [3.05, 3.63) is 36.2 Å². The van der Waals surface area contributed by atoms with Gasteiger partial charge in [0.2, 0.25) is 5.82 Å². The molecule has 33 heavy (non-hydrogen) atoms. The van der Waals surface area contributed by atoms with Crippen molar-refractivity contribution in [3.8, 4) is 17.2 Å². The van der Waals surface area contributed by atoms with Crippen LogP contribution in [0.15, 0.2) is 29.6 Å². The number of nitrogens with one attached hydrogen (secondary N) is 1. The Morgan fingerprint density at radius 2 is 1.94 bits per heavy atom. The minimum atomic E-state index is -0.314. The van der Waals surface area contributed by atoms with E-state index in [1.54, 1.807) is 23.1 Å². The second kappa shape index (κ2) is 7.94. The summed E-state index contributed by atoms with van der Waals surface area (Å²) in [5.41, 5.74) is 14.9. The summed E-state index contributed by atoms with van der Waals surface area (Å²) in [7, 11) is 0. The monoisotopic (exact) mass is 443 g/mol. The SMILES string of the molecule is N#Cc1ncc(-c2cnn3c(N)cc(C4CC5CCC(C4)N5C(=O)C(N)=NC=N)nc23)cn1. The Morgan fingerprint density at radius 1 is 1.24 bits per heavy atom. The molecule has 5 N–H and O–H groups in total. The van der Waals surface area contributed by atoms with Gasteiger partial charge in [0.15, 0.2) is 11.5 Å². The number of hydrogen-bond donors (Lipinski definition) is 3. The number of anilines is 1. The van der Waals surface area contributed by atoms with E-state index in [1.165, 1.54) is 0 Å². The van der Waals surface area contributed by atoms with Crippen molar-refractivity contribution < 1.29 is 4.79 Å². The summed E-state index contributed by atoms with van der Waals surface area (Å²) in [4.78, 5) is 31.1. The van der Waals surface area contributed by atoms with Crippen LogP contribution in [-0.4, -0.2) is 59.6 Å². The lowest BCUT2D eigenvalue weighted by atomic mass is 9.87. The molecule has 12 nitrogen and oxygen atoms in total. The maximum Gasteiger partial charge on any atom is 0.289 e. The number of amidine groups is 1. The molecule has 0 aliphatic carbocycles. The van der Waals surface area contributed by atoms with Crippen molar-refractivity contribution in [2.45, 2.75) is 43.7 Å². The van der Waals surface area contributed by atoms with E-state index in [4.69, 9.17) is 27.1 Å². The zero-order chi connectivity index (χ0) is 23.1. The first-order valence-corrected chi connectivity index (χ1v) is 10.5. The van der Waals surface area contributed by atoms with Crippen LogP contribution < -0.4 is 11.5 Å². The highest BCUT2D eigenvalue weighted by atomic mass is 16.2. The fourth-order valence-corrected chi connectivity index (χ4v) is 4.95. The van der Waals surface area contributed by atoms with Crippen LogP contribution in [0.1, 0.15) is 43.1 Å². The molecule has 2 aliphatic heterocycles. The van der Waals surface area contributed by atoms with E-state index in [9.17, 15) is 4.79 Å². The molecule has 2 fully saturated rings. The van der Waals surface area contributed by atoms with Gasteiger partial charge in [0.05, 0.1) is 6.20 Å². The van der Waals surface area contributed by atoms with Crippen molar-refractivity contribution in [1.29, 1.82) is 10.7 Å². The molecular weight excluding hydrogens is 422 g/mol. The summed E-state index contributed by atoms with van der Waals surface area (Å²) in [6, 6.07) is 3.82. The van der Waals surface area contributed by atoms with Gasteiger partial charge in [0, 0.05) is 53.3 Å². The topological polar surface area (TPSA) is 188 Å². The lowest BCUT2D eigenvalue weighted by molar-refractivity contribution is -0.128. The van der Waals surface area contributed by atoms with Gasteiger partial charge >= 0.3 is 0 Å². The van der Waals surface area contributed by atoms with Crippen LogP contribution in [-0.2, 0) is 4.79 Å². The van der Waals surface area contributed by atoms with E-state index in [0.29, 0.717) is 17.0 Å². The first-order valence-electron chi connectivity index (χ1n) is 10.5. The first kappa shape index (κ1) is 20.5. The smallest absolute Gasteiger partial charge is 0.289 e. The van der Waals surface area contributed by atoms with E-state index >= 15 is 0 Å². The van der Waals surface area contributed by atoms with Crippen LogP contribution in [0.3, 0.4) is 0 Å². The van der Waals surface area contributed by atoms with Gasteiger partial charge in [-0.2, -0.15) is 14.9 Å². The Hall–Kier alpha value is -4.40. The number of nitrogens with two attached hydrogens (primary N) is 2. The standard InChI is InChI=1S/C21H21N11O/c22-6-18-26-7-12(8-27-18)15-9-29-32-17(24)5-16(30-20(15)32)11-3-13-1-2-14(4-11)31(13)21(33)19(25)28-10-23/h5,7-11,13-14H,1-4,24H2,(H3,23,25,28). The summed E-state index contributed by atoms with van der Waals surface area (Å²) < 4.78 is 1.57. The van der Waals surface area contributed by atoms with Crippen LogP contribution in [0.5, 0.6) is 0 Å². The van der Waals surface area contributed by atoms with Gasteiger partial charge < -0.3 is 16.4 Å². The first-order chi connectivity index (χ1) is 16.0. The third kappa shape index (κ3) is 3.43. The highest BCUT2D eigenvalue weighted by Gasteiger charge is 2.44. The summed E-state index contributed by atoms with van der Waals surface area (Å²) in [5.74, 6) is 0.208. The maximum atomic E-state index is 12.7. The van der Waals surface area contributed by atoms with E-state index in [2.05, 4.69) is 20.1 Å². The van der Waals surface area contributed by atoms with Gasteiger partial charge in [0.1, 0.15) is 18.2 Å². The van der Waals surface area contributed by atoms with Crippen molar-refractivity contribution in [2.24, 2.45) is 10.7 Å². The van der Waals surface area contributed by atoms with E-state index in [-0.39, 0.29) is 35.6 Å². The van der Waals surface area contributed by atoms with Gasteiger partial charge in [0.25, 0.3) is 5.91 Å². The number of aliphatic imine (C=N–C) groups is 1. The number of carbonyl (C=O) groups excluding carboxylic acids is 1. The average Bonchev–Trinajstić information content (AvgIpc) is 3.37. The van der Waals surface area contributed by atoms with Crippen LogP contribution >= 0.6 is 0 Å². The molecule has 0 radical (unpaired) electrons. The molecular formula is C21H21N11O. The number of hydrogen-bond acceptors (Lipinski definition) is 8. The second-order valence-corrected chi connectivity index (χ2v) is 8.22. The minimum absolute atomic E-state index is 0.0382. The third-order valence-electron chi connectivity index (χ3n) is 6.39. The van der Waals surface area contributed by atoms with Gasteiger partial charge in [-0.05, 0) is 25.7 Å². The quantitative estimate of drug-likeness (QED) is 0.392. The van der Waals surface area contributed by atoms with Gasteiger partial charge in [-0.1, -0.05) is 0 Å². The Morgan fingerprint density at radius 3 is 2.58 bits per heavy atom. The molecule has 2 bridgehead atoms. The zero-order valence-electron chi connectivity index (χ0n) is 17.6. The average molecular weight is 443 g/mol. The predicted octanol–water partition coefficient (Wildman–Crippen LogP) is 0.841. The molecule has 3 aromatic rings. The third-order valence-corrected chi connectivity index (χ3v) is 6.39. The number of aromatic nitrogens is 5. The van der Waals surface area contributed by atoms with Crippen LogP contribution in [0.2, 0.25) is 0 Å². The zero-order valence-corrected chi connectivity index (χ0v) is 17.6. The molecule has 0 spiro atoms. The van der Waals surface area contributed by atoms with Crippen LogP contribution in [0.4, 0.5) is 5.82 Å². The molecule has 1 amide bonds.